The number of carboxylic acids is 1. The minimum absolute atomic E-state index is 0.0730. The van der Waals surface area contributed by atoms with E-state index < -0.39 is 5.97 Å². The number of aromatic carboxylic acids is 1. The molecule has 0 amide bonds. The number of hydrogen-bond acceptors (Lipinski definition) is 3. The zero-order valence-corrected chi connectivity index (χ0v) is 10.9. The van der Waals surface area contributed by atoms with Crippen molar-refractivity contribution < 1.29 is 14.6 Å². The number of carboxylic acid groups (broad SMARTS) is 1. The van der Waals surface area contributed by atoms with E-state index in [0.29, 0.717) is 5.75 Å². The molecule has 0 aliphatic heterocycles. The molecule has 0 aliphatic rings. The quantitative estimate of drug-likeness (QED) is 0.915. The largest absolute Gasteiger partial charge is 0.491 e. The number of thiophene rings is 1. The predicted octanol–water partition coefficient (Wildman–Crippen LogP) is 4.04. The van der Waals surface area contributed by atoms with Crippen molar-refractivity contribution in [3.8, 4) is 5.75 Å². The lowest BCUT2D eigenvalue weighted by Gasteiger charge is -2.09. The van der Waals surface area contributed by atoms with Gasteiger partial charge in [0.15, 0.2) is 0 Å². The van der Waals surface area contributed by atoms with E-state index in [0.717, 1.165) is 10.1 Å². The standard InChI is InChI=1S/C12H11ClO3S/c1-6(2)16-7-3-4-9-8(5-7)10(13)11(17-9)12(14)15/h3-6H,1-2H3,(H,14,15). The van der Waals surface area contributed by atoms with Crippen molar-refractivity contribution in [2.24, 2.45) is 0 Å². The number of carbonyl (C=O) groups is 1. The first-order valence-electron chi connectivity index (χ1n) is 5.11. The minimum atomic E-state index is -0.998. The predicted molar refractivity (Wildman–Crippen MR) is 69.6 cm³/mol. The average Bonchev–Trinajstić information content (AvgIpc) is 2.56. The van der Waals surface area contributed by atoms with Crippen LogP contribution >= 0.6 is 22.9 Å². The molecule has 3 nitrogen and oxygen atoms in total. The molecule has 0 saturated carbocycles. The molecule has 0 aliphatic carbocycles. The fourth-order valence-corrected chi connectivity index (χ4v) is 2.85. The molecule has 0 atom stereocenters. The summed E-state index contributed by atoms with van der Waals surface area (Å²) in [7, 11) is 0. The molecule has 1 aromatic carbocycles. The molecule has 0 spiro atoms. The SMILES string of the molecule is CC(C)Oc1ccc2sc(C(=O)O)c(Cl)c2c1. The Morgan fingerprint density at radius 3 is 2.76 bits per heavy atom. The smallest absolute Gasteiger partial charge is 0.347 e. The summed E-state index contributed by atoms with van der Waals surface area (Å²) in [5.74, 6) is -0.299. The van der Waals surface area contributed by atoms with Gasteiger partial charge in [-0.1, -0.05) is 11.6 Å². The van der Waals surface area contributed by atoms with E-state index in [1.807, 2.05) is 26.0 Å². The molecular weight excluding hydrogens is 260 g/mol. The normalized spacial score (nSPS) is 11.1. The van der Waals surface area contributed by atoms with Gasteiger partial charge in [-0.2, -0.15) is 0 Å². The third kappa shape index (κ3) is 2.37. The van der Waals surface area contributed by atoms with Gasteiger partial charge in [-0.25, -0.2) is 4.79 Å². The molecule has 0 radical (unpaired) electrons. The molecule has 2 aromatic rings. The summed E-state index contributed by atoms with van der Waals surface area (Å²) < 4.78 is 6.40. The third-order valence-electron chi connectivity index (χ3n) is 2.16. The summed E-state index contributed by atoms with van der Waals surface area (Å²) in [5, 5.41) is 9.99. The highest BCUT2D eigenvalue weighted by molar-refractivity contribution is 7.21. The Morgan fingerprint density at radius 1 is 1.47 bits per heavy atom. The molecule has 17 heavy (non-hydrogen) atoms. The Kier molecular flexibility index (Phi) is 3.26. The van der Waals surface area contributed by atoms with Crippen LogP contribution in [0.25, 0.3) is 10.1 Å². The van der Waals surface area contributed by atoms with Crippen LogP contribution in [0.2, 0.25) is 5.02 Å². The zero-order chi connectivity index (χ0) is 12.6. The number of hydrogen-bond donors (Lipinski definition) is 1. The lowest BCUT2D eigenvalue weighted by molar-refractivity contribution is 0.0702. The topological polar surface area (TPSA) is 46.5 Å². The van der Waals surface area contributed by atoms with E-state index >= 15 is 0 Å². The van der Waals surface area contributed by atoms with Gasteiger partial charge in [-0.3, -0.25) is 0 Å². The average molecular weight is 271 g/mol. The molecular formula is C12H11ClO3S. The Hall–Kier alpha value is -1.26. The summed E-state index contributed by atoms with van der Waals surface area (Å²) in [6.07, 6.45) is 0.0730. The van der Waals surface area contributed by atoms with Crippen LogP contribution in [-0.2, 0) is 0 Å². The van der Waals surface area contributed by atoms with E-state index in [1.165, 1.54) is 11.3 Å². The Balaban J connectivity index is 2.53. The Morgan fingerprint density at radius 2 is 2.18 bits per heavy atom. The van der Waals surface area contributed by atoms with Crippen LogP contribution in [0.15, 0.2) is 18.2 Å². The maximum absolute atomic E-state index is 10.9. The molecule has 90 valence electrons. The van der Waals surface area contributed by atoms with Crippen molar-refractivity contribution in [3.05, 3.63) is 28.1 Å². The van der Waals surface area contributed by atoms with Gasteiger partial charge in [-0.15, -0.1) is 11.3 Å². The molecule has 2 rings (SSSR count). The lowest BCUT2D eigenvalue weighted by Crippen LogP contribution is -2.04. The molecule has 0 saturated heterocycles. The van der Waals surface area contributed by atoms with Gasteiger partial charge in [0.2, 0.25) is 0 Å². The Labute approximate surface area is 108 Å². The molecule has 0 unspecified atom stereocenters. The van der Waals surface area contributed by atoms with Crippen molar-refractivity contribution in [2.45, 2.75) is 20.0 Å². The minimum Gasteiger partial charge on any atom is -0.491 e. The lowest BCUT2D eigenvalue weighted by atomic mass is 10.2. The number of rotatable bonds is 3. The van der Waals surface area contributed by atoms with Crippen LogP contribution in [0.5, 0.6) is 5.75 Å². The number of halogens is 1. The van der Waals surface area contributed by atoms with Crippen molar-refractivity contribution in [1.82, 2.24) is 0 Å². The summed E-state index contributed by atoms with van der Waals surface area (Å²) in [4.78, 5) is 11.1. The third-order valence-corrected chi connectivity index (χ3v) is 3.83. The van der Waals surface area contributed by atoms with E-state index in [1.54, 1.807) is 6.07 Å². The van der Waals surface area contributed by atoms with E-state index in [9.17, 15) is 4.79 Å². The fraction of sp³-hybridized carbons (Fsp3) is 0.250. The first-order valence-corrected chi connectivity index (χ1v) is 6.30. The summed E-state index contributed by atoms with van der Waals surface area (Å²) in [6.45, 7) is 3.87. The van der Waals surface area contributed by atoms with Gasteiger partial charge in [0, 0.05) is 10.1 Å². The molecule has 1 heterocycles. The molecule has 5 heteroatoms. The van der Waals surface area contributed by atoms with Crippen LogP contribution in [-0.4, -0.2) is 17.2 Å². The first kappa shape index (κ1) is 12.2. The highest BCUT2D eigenvalue weighted by Crippen LogP contribution is 2.37. The van der Waals surface area contributed by atoms with Gasteiger partial charge in [0.25, 0.3) is 0 Å². The maximum atomic E-state index is 10.9. The second-order valence-corrected chi connectivity index (χ2v) is 5.31. The van der Waals surface area contributed by atoms with E-state index in [-0.39, 0.29) is 16.0 Å². The van der Waals surface area contributed by atoms with Gasteiger partial charge < -0.3 is 9.84 Å². The number of ether oxygens (including phenoxy) is 1. The second-order valence-electron chi connectivity index (χ2n) is 3.87. The summed E-state index contributed by atoms with van der Waals surface area (Å²) >= 11 is 7.21. The second kappa shape index (κ2) is 4.55. The molecule has 1 aromatic heterocycles. The van der Waals surface area contributed by atoms with Crippen molar-refractivity contribution in [1.29, 1.82) is 0 Å². The van der Waals surface area contributed by atoms with Crippen molar-refractivity contribution >= 4 is 39.0 Å². The monoisotopic (exact) mass is 270 g/mol. The maximum Gasteiger partial charge on any atom is 0.347 e. The van der Waals surface area contributed by atoms with Crippen LogP contribution in [0.3, 0.4) is 0 Å². The van der Waals surface area contributed by atoms with Gasteiger partial charge in [0.05, 0.1) is 11.1 Å². The Bertz CT molecular complexity index is 574. The summed E-state index contributed by atoms with van der Waals surface area (Å²) in [5.41, 5.74) is 0. The van der Waals surface area contributed by atoms with Gasteiger partial charge >= 0.3 is 5.97 Å². The van der Waals surface area contributed by atoms with Crippen molar-refractivity contribution in [2.75, 3.05) is 0 Å². The summed E-state index contributed by atoms with van der Waals surface area (Å²) in [6, 6.07) is 5.43. The van der Waals surface area contributed by atoms with Gasteiger partial charge in [-0.05, 0) is 32.0 Å². The fourth-order valence-electron chi connectivity index (χ4n) is 1.53. The number of fused-ring (bicyclic) bond motifs is 1. The number of benzene rings is 1. The molecule has 0 bridgehead atoms. The highest BCUT2D eigenvalue weighted by atomic mass is 35.5. The van der Waals surface area contributed by atoms with Crippen LogP contribution < -0.4 is 4.74 Å². The highest BCUT2D eigenvalue weighted by Gasteiger charge is 2.16. The van der Waals surface area contributed by atoms with Crippen LogP contribution in [0, 0.1) is 0 Å². The molecule has 0 fully saturated rings. The van der Waals surface area contributed by atoms with Gasteiger partial charge in [0.1, 0.15) is 10.6 Å². The van der Waals surface area contributed by atoms with E-state index in [2.05, 4.69) is 0 Å². The van der Waals surface area contributed by atoms with Crippen molar-refractivity contribution in [3.63, 3.8) is 0 Å². The van der Waals surface area contributed by atoms with Crippen LogP contribution in [0.1, 0.15) is 23.5 Å². The first-order chi connectivity index (χ1) is 7.99. The van der Waals surface area contributed by atoms with Crippen LogP contribution in [0.4, 0.5) is 0 Å². The zero-order valence-electron chi connectivity index (χ0n) is 9.36. The van der Waals surface area contributed by atoms with E-state index in [4.69, 9.17) is 21.4 Å². The molecule has 1 N–H and O–H groups in total.